The zero-order valence-electron chi connectivity index (χ0n) is 12.4. The second-order valence-electron chi connectivity index (χ2n) is 5.01. The van der Waals surface area contributed by atoms with E-state index >= 15 is 0 Å². The van der Waals surface area contributed by atoms with E-state index in [1.54, 1.807) is 6.92 Å². The summed E-state index contributed by atoms with van der Waals surface area (Å²) in [6.07, 6.45) is -0.682. The lowest BCUT2D eigenvalue weighted by Gasteiger charge is -2.19. The summed E-state index contributed by atoms with van der Waals surface area (Å²) in [4.78, 5) is 43.3. The summed E-state index contributed by atoms with van der Waals surface area (Å²) >= 11 is 0. The molecule has 8 nitrogen and oxygen atoms in total. The molecule has 0 aromatic carbocycles. The van der Waals surface area contributed by atoms with E-state index in [1.165, 1.54) is 0 Å². The smallest absolute Gasteiger partial charge is 0.306 e. The molecule has 0 aliphatic carbocycles. The van der Waals surface area contributed by atoms with Crippen LogP contribution >= 0.6 is 0 Å². The highest BCUT2D eigenvalue weighted by Gasteiger charge is 2.33. The highest BCUT2D eigenvalue weighted by atomic mass is 16.6. The van der Waals surface area contributed by atoms with E-state index in [4.69, 9.17) is 19.3 Å². The van der Waals surface area contributed by atoms with Gasteiger partial charge in [0, 0.05) is 12.8 Å². The molecule has 0 unspecified atom stereocenters. The number of carbonyl (C=O) groups excluding carboxylic acids is 3. The van der Waals surface area contributed by atoms with Crippen molar-refractivity contribution in [2.75, 3.05) is 6.61 Å². The van der Waals surface area contributed by atoms with E-state index < -0.39 is 36.2 Å². The number of esters is 2. The molecule has 0 aromatic heterocycles. The van der Waals surface area contributed by atoms with Crippen LogP contribution < -0.4 is 0 Å². The number of hydrogen-bond acceptors (Lipinski definition) is 7. The highest BCUT2D eigenvalue weighted by Crippen LogP contribution is 2.21. The third-order valence-electron chi connectivity index (χ3n) is 3.14. The fraction of sp³-hybridized carbons (Fsp3) is 0.714. The van der Waals surface area contributed by atoms with Crippen molar-refractivity contribution >= 4 is 24.2 Å². The third-order valence-corrected chi connectivity index (χ3v) is 3.14. The Morgan fingerprint density at radius 1 is 1.27 bits per heavy atom. The first-order valence-corrected chi connectivity index (χ1v) is 7.08. The van der Waals surface area contributed by atoms with Crippen LogP contribution in [0.5, 0.6) is 0 Å². The zero-order chi connectivity index (χ0) is 16.5. The van der Waals surface area contributed by atoms with Gasteiger partial charge in [-0.1, -0.05) is 0 Å². The number of ether oxygens (including phenoxy) is 3. The summed E-state index contributed by atoms with van der Waals surface area (Å²) in [7, 11) is 0. The molecule has 1 N–H and O–H groups in total. The van der Waals surface area contributed by atoms with Gasteiger partial charge in [-0.25, -0.2) is 0 Å². The molecule has 1 rings (SSSR count). The molecule has 1 aliphatic heterocycles. The molecule has 3 atom stereocenters. The number of carboxylic acid groups (broad SMARTS) is 1. The topological polar surface area (TPSA) is 116 Å². The van der Waals surface area contributed by atoms with Gasteiger partial charge in [0.15, 0.2) is 0 Å². The quantitative estimate of drug-likeness (QED) is 0.482. The molecular weight excluding hydrogens is 296 g/mol. The van der Waals surface area contributed by atoms with Crippen molar-refractivity contribution in [3.05, 3.63) is 0 Å². The van der Waals surface area contributed by atoms with Crippen molar-refractivity contribution < 1.29 is 38.5 Å². The zero-order valence-corrected chi connectivity index (χ0v) is 12.4. The summed E-state index contributed by atoms with van der Waals surface area (Å²) in [5.74, 6) is -2.14. The van der Waals surface area contributed by atoms with Gasteiger partial charge < -0.3 is 24.1 Å². The van der Waals surface area contributed by atoms with E-state index in [2.05, 4.69) is 0 Å². The molecule has 0 saturated carbocycles. The average Bonchev–Trinajstić information content (AvgIpc) is 2.91. The molecule has 0 aromatic rings. The first kappa shape index (κ1) is 18.1. The van der Waals surface area contributed by atoms with E-state index in [-0.39, 0.29) is 32.3 Å². The number of carboxylic acids is 1. The van der Waals surface area contributed by atoms with Crippen LogP contribution in [0.1, 0.15) is 39.0 Å². The maximum atomic E-state index is 11.4. The maximum absolute atomic E-state index is 11.4. The molecule has 8 heteroatoms. The van der Waals surface area contributed by atoms with Crippen LogP contribution in [0.25, 0.3) is 0 Å². The highest BCUT2D eigenvalue weighted by molar-refractivity contribution is 5.76. The monoisotopic (exact) mass is 316 g/mol. The Balaban J connectivity index is 2.29. The second kappa shape index (κ2) is 9.14. The third kappa shape index (κ3) is 6.66. The number of aldehydes is 1. The first-order valence-electron chi connectivity index (χ1n) is 7.08. The van der Waals surface area contributed by atoms with Crippen molar-refractivity contribution in [2.45, 2.75) is 57.3 Å². The fourth-order valence-electron chi connectivity index (χ4n) is 2.01. The Hall–Kier alpha value is -1.96. The van der Waals surface area contributed by atoms with Gasteiger partial charge in [-0.3, -0.25) is 14.4 Å². The van der Waals surface area contributed by atoms with Crippen LogP contribution in [0.2, 0.25) is 0 Å². The van der Waals surface area contributed by atoms with Crippen LogP contribution in [0.3, 0.4) is 0 Å². The molecule has 22 heavy (non-hydrogen) atoms. The van der Waals surface area contributed by atoms with Crippen LogP contribution in [0.4, 0.5) is 0 Å². The van der Waals surface area contributed by atoms with E-state index in [0.29, 0.717) is 12.7 Å². The molecule has 1 saturated heterocycles. The number of hydrogen-bond donors (Lipinski definition) is 1. The van der Waals surface area contributed by atoms with Crippen LogP contribution in [-0.4, -0.2) is 54.2 Å². The Morgan fingerprint density at radius 3 is 2.64 bits per heavy atom. The van der Waals surface area contributed by atoms with Crippen molar-refractivity contribution in [1.29, 1.82) is 0 Å². The van der Waals surface area contributed by atoms with Crippen LogP contribution in [-0.2, 0) is 33.4 Å². The van der Waals surface area contributed by atoms with Gasteiger partial charge in [0.2, 0.25) is 0 Å². The lowest BCUT2D eigenvalue weighted by Crippen LogP contribution is -2.29. The van der Waals surface area contributed by atoms with Crippen LogP contribution in [0, 0.1) is 0 Å². The second-order valence-corrected chi connectivity index (χ2v) is 5.01. The van der Waals surface area contributed by atoms with Crippen molar-refractivity contribution in [1.82, 2.24) is 0 Å². The molecular formula is C14H20O8. The number of rotatable bonds is 9. The Kier molecular flexibility index (Phi) is 7.51. The van der Waals surface area contributed by atoms with Gasteiger partial charge in [0.1, 0.15) is 18.5 Å². The molecule has 0 amide bonds. The molecule has 1 heterocycles. The van der Waals surface area contributed by atoms with Crippen molar-refractivity contribution in [3.63, 3.8) is 0 Å². The lowest BCUT2D eigenvalue weighted by molar-refractivity contribution is -0.156. The summed E-state index contributed by atoms with van der Waals surface area (Å²) in [5, 5.41) is 8.49. The molecule has 124 valence electrons. The van der Waals surface area contributed by atoms with Gasteiger partial charge in [-0.15, -0.1) is 0 Å². The minimum Gasteiger partial charge on any atom is -0.481 e. The largest absolute Gasteiger partial charge is 0.481 e. The normalized spacial score (nSPS) is 21.9. The minimum atomic E-state index is -1.07. The predicted octanol–water partition coefficient (Wildman–Crippen LogP) is 0.463. The molecule has 0 spiro atoms. The minimum absolute atomic E-state index is 0.0321. The van der Waals surface area contributed by atoms with Gasteiger partial charge in [-0.2, -0.15) is 0 Å². The van der Waals surface area contributed by atoms with Gasteiger partial charge >= 0.3 is 17.9 Å². The first-order chi connectivity index (χ1) is 10.4. The Morgan fingerprint density at radius 2 is 2.00 bits per heavy atom. The fourth-order valence-corrected chi connectivity index (χ4v) is 2.01. The van der Waals surface area contributed by atoms with Crippen molar-refractivity contribution in [3.8, 4) is 0 Å². The number of carbonyl (C=O) groups is 4. The van der Waals surface area contributed by atoms with E-state index in [0.717, 1.165) is 0 Å². The molecule has 1 aliphatic rings. The molecule has 1 fully saturated rings. The standard InChI is InChI=1S/C14H20O8/c1-9(21-14(19)5-4-12(16)17)11-7-10(8-20-11)22-13(18)3-2-6-15/h6,9-11H,2-5,7-8H2,1H3,(H,16,17)/t9-,10+,11+/m1/s1. The maximum Gasteiger partial charge on any atom is 0.306 e. The van der Waals surface area contributed by atoms with Gasteiger partial charge in [0.25, 0.3) is 0 Å². The number of aliphatic carboxylic acids is 1. The SMILES string of the molecule is C[C@@H](OC(=O)CCC(=O)O)[C@@H]1C[C@H](OC(=O)CCC=O)CO1. The summed E-state index contributed by atoms with van der Waals surface area (Å²) < 4.78 is 15.6. The summed E-state index contributed by atoms with van der Waals surface area (Å²) in [6.45, 7) is 1.84. The lowest BCUT2D eigenvalue weighted by atomic mass is 10.1. The summed E-state index contributed by atoms with van der Waals surface area (Å²) in [5.41, 5.74) is 0. The van der Waals surface area contributed by atoms with Gasteiger partial charge in [0.05, 0.1) is 32.0 Å². The Bertz CT molecular complexity index is 419. The van der Waals surface area contributed by atoms with E-state index in [9.17, 15) is 19.2 Å². The Labute approximate surface area is 127 Å². The average molecular weight is 316 g/mol. The van der Waals surface area contributed by atoms with Crippen molar-refractivity contribution in [2.24, 2.45) is 0 Å². The van der Waals surface area contributed by atoms with E-state index in [1.807, 2.05) is 0 Å². The summed E-state index contributed by atoms with van der Waals surface area (Å²) in [6, 6.07) is 0. The molecule has 0 radical (unpaired) electrons. The van der Waals surface area contributed by atoms with Gasteiger partial charge in [-0.05, 0) is 6.92 Å². The molecule has 0 bridgehead atoms. The van der Waals surface area contributed by atoms with Crippen LogP contribution in [0.15, 0.2) is 0 Å². The predicted molar refractivity (Wildman–Crippen MR) is 72.0 cm³/mol.